The predicted molar refractivity (Wildman–Crippen MR) is 223 cm³/mol. The molecular formula is C45H55N9O5. The summed E-state index contributed by atoms with van der Waals surface area (Å²) in [5.41, 5.74) is 8.08. The Morgan fingerprint density at radius 2 is 1.64 bits per heavy atom. The molecule has 0 spiro atoms. The van der Waals surface area contributed by atoms with E-state index in [-0.39, 0.29) is 35.2 Å². The Hall–Kier alpha value is -5.34. The number of aliphatic carboxylic acids is 1. The van der Waals surface area contributed by atoms with Crippen LogP contribution in [-0.4, -0.2) is 78.7 Å². The first kappa shape index (κ1) is 39.1. The van der Waals surface area contributed by atoms with Gasteiger partial charge in [0.1, 0.15) is 0 Å². The van der Waals surface area contributed by atoms with Crippen LogP contribution in [0, 0.1) is 24.7 Å². The first-order valence-electron chi connectivity index (χ1n) is 21.3. The maximum Gasteiger partial charge on any atom is 0.309 e. The summed E-state index contributed by atoms with van der Waals surface area (Å²) in [6.07, 6.45) is 9.54. The van der Waals surface area contributed by atoms with Gasteiger partial charge in [-0.15, -0.1) is 0 Å². The van der Waals surface area contributed by atoms with E-state index in [0.717, 1.165) is 123 Å². The van der Waals surface area contributed by atoms with Crippen molar-refractivity contribution in [3.05, 3.63) is 82.2 Å². The second-order valence-corrected chi connectivity index (χ2v) is 17.9. The molecule has 0 radical (unpaired) electrons. The van der Waals surface area contributed by atoms with Gasteiger partial charge in [0.25, 0.3) is 11.8 Å². The fraction of sp³-hybridized carbons (Fsp3) is 0.511. The number of carboxylic acid groups (broad SMARTS) is 1. The van der Waals surface area contributed by atoms with Crippen molar-refractivity contribution in [3.8, 4) is 11.1 Å². The largest absolute Gasteiger partial charge is 0.481 e. The molecule has 3 amide bonds. The molecule has 14 heteroatoms. The fourth-order valence-corrected chi connectivity index (χ4v) is 10.7. The van der Waals surface area contributed by atoms with Gasteiger partial charge in [-0.2, -0.15) is 5.10 Å². The van der Waals surface area contributed by atoms with E-state index in [0.29, 0.717) is 42.4 Å². The molecule has 310 valence electrons. The molecule has 14 nitrogen and oxygen atoms in total. The Labute approximate surface area is 344 Å². The van der Waals surface area contributed by atoms with Crippen LogP contribution in [0.5, 0.6) is 0 Å². The number of amides is 3. The smallest absolute Gasteiger partial charge is 0.309 e. The topological polar surface area (TPSA) is 176 Å². The van der Waals surface area contributed by atoms with Crippen LogP contribution in [0.15, 0.2) is 42.5 Å². The van der Waals surface area contributed by atoms with Crippen LogP contribution in [0.3, 0.4) is 0 Å². The highest BCUT2D eigenvalue weighted by Crippen LogP contribution is 2.63. The van der Waals surface area contributed by atoms with E-state index in [2.05, 4.69) is 31.3 Å². The van der Waals surface area contributed by atoms with Crippen molar-refractivity contribution in [1.29, 1.82) is 0 Å². The Morgan fingerprint density at radius 3 is 2.31 bits per heavy atom. The van der Waals surface area contributed by atoms with Gasteiger partial charge in [-0.05, 0) is 124 Å². The summed E-state index contributed by atoms with van der Waals surface area (Å²) >= 11 is 0. The van der Waals surface area contributed by atoms with E-state index in [9.17, 15) is 24.3 Å². The molecule has 3 fully saturated rings. The number of fused-ring (bicyclic) bond motifs is 4. The van der Waals surface area contributed by atoms with Gasteiger partial charge in [-0.1, -0.05) is 24.3 Å². The van der Waals surface area contributed by atoms with Crippen molar-refractivity contribution < 1.29 is 24.3 Å². The molecule has 59 heavy (non-hydrogen) atoms. The highest BCUT2D eigenvalue weighted by molar-refractivity contribution is 6.05. The lowest BCUT2D eigenvalue weighted by atomic mass is 9.80. The summed E-state index contributed by atoms with van der Waals surface area (Å²) < 4.78 is 3.85. The van der Waals surface area contributed by atoms with Crippen molar-refractivity contribution >= 4 is 35.1 Å². The second kappa shape index (κ2) is 15.4. The summed E-state index contributed by atoms with van der Waals surface area (Å²) in [5.74, 6) is -0.681. The number of rotatable bonds is 12. The molecule has 2 aromatic heterocycles. The molecule has 1 unspecified atom stereocenters. The number of aromatic nitrogens is 4. The Morgan fingerprint density at radius 1 is 0.932 bits per heavy atom. The third-order valence-electron chi connectivity index (χ3n) is 14.3. The number of aryl methyl sites for hydroxylation is 1. The number of hydrogen-bond donors (Lipinski definition) is 5. The molecule has 2 bridgehead atoms. The zero-order valence-electron chi connectivity index (χ0n) is 34.3. The summed E-state index contributed by atoms with van der Waals surface area (Å²) in [4.78, 5) is 58.4. The molecule has 3 aliphatic heterocycles. The summed E-state index contributed by atoms with van der Waals surface area (Å²) in [7, 11) is 1.91. The van der Waals surface area contributed by atoms with Gasteiger partial charge in [-0.3, -0.25) is 28.8 Å². The van der Waals surface area contributed by atoms with E-state index < -0.39 is 11.4 Å². The van der Waals surface area contributed by atoms with Crippen LogP contribution in [0.25, 0.3) is 11.1 Å². The summed E-state index contributed by atoms with van der Waals surface area (Å²) in [5, 5.41) is 27.4. The van der Waals surface area contributed by atoms with E-state index in [4.69, 9.17) is 4.98 Å². The third-order valence-corrected chi connectivity index (χ3v) is 14.3. The second-order valence-electron chi connectivity index (χ2n) is 17.9. The van der Waals surface area contributed by atoms with Crippen LogP contribution in [0.1, 0.15) is 120 Å². The molecular weight excluding hydrogens is 747 g/mol. The van der Waals surface area contributed by atoms with Crippen molar-refractivity contribution in [2.24, 2.45) is 17.9 Å². The molecule has 4 aromatic rings. The van der Waals surface area contributed by atoms with E-state index in [1.165, 1.54) is 0 Å². The van der Waals surface area contributed by atoms with Crippen molar-refractivity contribution in [2.75, 3.05) is 30.3 Å². The van der Waals surface area contributed by atoms with Crippen LogP contribution in [0.4, 0.5) is 11.4 Å². The van der Waals surface area contributed by atoms with Gasteiger partial charge >= 0.3 is 5.97 Å². The van der Waals surface area contributed by atoms with Gasteiger partial charge in [0.05, 0.1) is 16.8 Å². The van der Waals surface area contributed by atoms with Crippen LogP contribution >= 0.6 is 0 Å². The predicted octanol–water partition coefficient (Wildman–Crippen LogP) is 5.89. The highest BCUT2D eigenvalue weighted by atomic mass is 16.4. The number of nitrogens with one attached hydrogen (secondary N) is 4. The van der Waals surface area contributed by atoms with Crippen molar-refractivity contribution in [3.63, 3.8) is 0 Å². The molecule has 1 saturated heterocycles. The van der Waals surface area contributed by atoms with Crippen LogP contribution in [0.2, 0.25) is 0 Å². The molecule has 5 aliphatic rings. The van der Waals surface area contributed by atoms with E-state index in [1.807, 2.05) is 72.6 Å². The SMILES string of the molecule is Cc1c(NC(=O)c2cc3n(n2)CCCC3NC[C@@H]2CCC(=O)N2)cccc1-c1cccc(NC(=O)c2nc3c(n2C)CCN(CCC24CCC(C(=O)O)(CC2)C4)C3)c1C. The van der Waals surface area contributed by atoms with Crippen LogP contribution in [-0.2, 0) is 36.1 Å². The number of imidazole rings is 1. The molecule has 5 N–H and O–H groups in total. The third kappa shape index (κ3) is 7.34. The first-order chi connectivity index (χ1) is 28.4. The minimum Gasteiger partial charge on any atom is -0.481 e. The number of nitrogens with zero attached hydrogens (tertiary/aromatic N) is 5. The lowest BCUT2D eigenvalue weighted by molar-refractivity contribution is -0.148. The zero-order chi connectivity index (χ0) is 41.1. The van der Waals surface area contributed by atoms with Gasteiger partial charge in [0.2, 0.25) is 5.91 Å². The van der Waals surface area contributed by atoms with Gasteiger partial charge < -0.3 is 30.9 Å². The van der Waals surface area contributed by atoms with Crippen LogP contribution < -0.4 is 21.3 Å². The molecule has 2 saturated carbocycles. The van der Waals surface area contributed by atoms with Gasteiger partial charge in [0, 0.05) is 75.2 Å². The molecule has 2 atom stereocenters. The minimum absolute atomic E-state index is 0.0631. The average Bonchev–Trinajstić information content (AvgIpc) is 4.07. The molecule has 5 heterocycles. The number of benzene rings is 2. The number of anilines is 2. The van der Waals surface area contributed by atoms with Crippen molar-refractivity contribution in [2.45, 2.75) is 110 Å². The standard InChI is InChI=1S/C45H55N9O5/c1-27-30(7-4-9-32(27)49-41(56)35-23-38-34(11-6-20-54(38)51-35)46-24-29-12-13-39(55)47-29)31-8-5-10-33(28(31)2)50-42(57)40-48-36-25-53(21-14-37(36)52(40)3)22-19-44-15-17-45(26-44,18-16-44)43(58)59/h4-5,7-10,23,29,34,46H,6,11-22,24-26H2,1-3H3,(H,47,55)(H,49,56)(H,50,57)(H,58,59)/t29-,34?,44?,45?/m0/s1. The first-order valence-corrected chi connectivity index (χ1v) is 21.3. The maximum absolute atomic E-state index is 13.9. The zero-order valence-corrected chi connectivity index (χ0v) is 34.3. The Balaban J connectivity index is 0.851. The lowest BCUT2D eigenvalue weighted by Crippen LogP contribution is -2.38. The molecule has 9 rings (SSSR count). The molecule has 2 aliphatic carbocycles. The number of carbonyl (C=O) groups is 4. The normalized spacial score (nSPS) is 24.8. The average molecular weight is 802 g/mol. The van der Waals surface area contributed by atoms with Crippen molar-refractivity contribution in [1.82, 2.24) is 34.9 Å². The number of carboxylic acids is 1. The number of carbonyl (C=O) groups excluding carboxylic acids is 3. The summed E-state index contributed by atoms with van der Waals surface area (Å²) in [6.45, 7) is 7.90. The monoisotopic (exact) mass is 801 g/mol. The quantitative estimate of drug-likeness (QED) is 0.117. The minimum atomic E-state index is -0.618. The van der Waals surface area contributed by atoms with Gasteiger partial charge in [-0.25, -0.2) is 4.98 Å². The maximum atomic E-state index is 13.9. The van der Waals surface area contributed by atoms with E-state index in [1.54, 1.807) is 0 Å². The summed E-state index contributed by atoms with van der Waals surface area (Å²) in [6, 6.07) is 13.8. The highest BCUT2D eigenvalue weighted by Gasteiger charge is 2.57. The fourth-order valence-electron chi connectivity index (χ4n) is 10.7. The molecule has 2 aromatic carbocycles. The van der Waals surface area contributed by atoms with E-state index >= 15 is 0 Å². The Bertz CT molecular complexity index is 2340. The Kier molecular flexibility index (Phi) is 10.2. The number of hydrogen-bond acceptors (Lipinski definition) is 8. The van der Waals surface area contributed by atoms with Gasteiger partial charge in [0.15, 0.2) is 11.5 Å². The lowest BCUT2D eigenvalue weighted by Gasteiger charge is -2.32.